The van der Waals surface area contributed by atoms with Crippen LogP contribution in [0, 0.1) is 0 Å². The second kappa shape index (κ2) is 4.17. The van der Waals surface area contributed by atoms with Crippen LogP contribution in [0.2, 0.25) is 0 Å². The van der Waals surface area contributed by atoms with Gasteiger partial charge in [0.05, 0.1) is 16.9 Å². The lowest BCUT2D eigenvalue weighted by atomic mass is 10.3. The molecule has 0 atom stereocenters. The molecule has 2 aromatic carbocycles. The summed E-state index contributed by atoms with van der Waals surface area (Å²) in [5.41, 5.74) is 0. The Morgan fingerprint density at radius 2 is 1.38 bits per heavy atom. The molecule has 0 unspecified atom stereocenters. The van der Waals surface area contributed by atoms with E-state index in [0.717, 1.165) is 0 Å². The van der Waals surface area contributed by atoms with Crippen molar-refractivity contribution in [2.45, 2.75) is 19.6 Å². The Morgan fingerprint density at radius 1 is 0.875 bits per heavy atom. The van der Waals surface area contributed by atoms with Gasteiger partial charge in [0.25, 0.3) is 0 Å². The predicted octanol–water partition coefficient (Wildman–Crippen LogP) is 3.75. The Hall–Kier alpha value is -0.900. The molecule has 0 radical (unpaired) electrons. The molecular formula is C13H11OS2+. The summed E-state index contributed by atoms with van der Waals surface area (Å²) in [6.45, 7) is 0. The van der Waals surface area contributed by atoms with Crippen molar-refractivity contribution in [3.63, 3.8) is 0 Å². The molecular weight excluding hydrogens is 236 g/mol. The Labute approximate surface area is 102 Å². The zero-order valence-electron chi connectivity index (χ0n) is 8.84. The standard InChI is InChI=1S/C13H11OS2/c1-14-16-12-8-4-2-6-10(12)15-11-7-3-5-9-13(11)16/h2-9H,1H3/q+1. The fraction of sp³-hybridized carbons (Fsp3) is 0.0769. The summed E-state index contributed by atoms with van der Waals surface area (Å²) in [6.07, 6.45) is 0. The van der Waals surface area contributed by atoms with Gasteiger partial charge in [0, 0.05) is 0 Å². The van der Waals surface area contributed by atoms with Crippen LogP contribution in [0.15, 0.2) is 68.1 Å². The van der Waals surface area contributed by atoms with Gasteiger partial charge in [-0.1, -0.05) is 36.0 Å². The highest BCUT2D eigenvalue weighted by Crippen LogP contribution is 2.45. The first-order valence-electron chi connectivity index (χ1n) is 5.05. The first-order chi connectivity index (χ1) is 7.90. The molecule has 1 aliphatic rings. The van der Waals surface area contributed by atoms with Gasteiger partial charge in [0.15, 0.2) is 0 Å². The normalized spacial score (nSPS) is 14.3. The first kappa shape index (κ1) is 10.3. The summed E-state index contributed by atoms with van der Waals surface area (Å²) in [4.78, 5) is 5.22. The Bertz CT molecular complexity index is 479. The van der Waals surface area contributed by atoms with E-state index in [9.17, 15) is 0 Å². The SMILES string of the molecule is CO[S+]1c2ccccc2Sc2ccccc21. The van der Waals surface area contributed by atoms with Crippen LogP contribution in [-0.4, -0.2) is 7.11 Å². The van der Waals surface area contributed by atoms with Crippen LogP contribution >= 0.6 is 11.8 Å². The molecule has 0 aliphatic carbocycles. The van der Waals surface area contributed by atoms with E-state index in [1.807, 2.05) is 11.8 Å². The van der Waals surface area contributed by atoms with Crippen LogP contribution in [0.5, 0.6) is 0 Å². The molecule has 0 amide bonds. The molecule has 0 saturated heterocycles. The molecule has 0 bridgehead atoms. The first-order valence-corrected chi connectivity index (χ1v) is 7.01. The summed E-state index contributed by atoms with van der Waals surface area (Å²) >= 11 is 1.61. The highest BCUT2D eigenvalue weighted by molar-refractivity contribution is 8.02. The van der Waals surface area contributed by atoms with Crippen LogP contribution < -0.4 is 0 Å². The maximum Gasteiger partial charge on any atom is 0.225 e. The molecule has 3 rings (SSSR count). The predicted molar refractivity (Wildman–Crippen MR) is 67.9 cm³/mol. The van der Waals surface area contributed by atoms with E-state index in [1.54, 1.807) is 7.11 Å². The van der Waals surface area contributed by atoms with E-state index in [1.165, 1.54) is 19.6 Å². The lowest BCUT2D eigenvalue weighted by molar-refractivity contribution is 0.469. The van der Waals surface area contributed by atoms with Gasteiger partial charge in [0.2, 0.25) is 21.0 Å². The van der Waals surface area contributed by atoms with Crippen molar-refractivity contribution in [3.8, 4) is 0 Å². The summed E-state index contributed by atoms with van der Waals surface area (Å²) in [6, 6.07) is 17.0. The zero-order valence-corrected chi connectivity index (χ0v) is 10.5. The highest BCUT2D eigenvalue weighted by atomic mass is 32.2. The van der Waals surface area contributed by atoms with Crippen LogP contribution in [0.25, 0.3) is 0 Å². The summed E-state index contributed by atoms with van der Waals surface area (Å²) in [5.74, 6) is 0. The third kappa shape index (κ3) is 1.56. The molecule has 0 saturated carbocycles. The van der Waals surface area contributed by atoms with Crippen molar-refractivity contribution in [1.29, 1.82) is 0 Å². The average molecular weight is 247 g/mol. The molecule has 1 heterocycles. The Morgan fingerprint density at radius 3 is 1.88 bits per heavy atom. The maximum atomic E-state index is 5.66. The number of hydrogen-bond acceptors (Lipinski definition) is 2. The minimum atomic E-state index is -0.222. The van der Waals surface area contributed by atoms with Gasteiger partial charge in [-0.2, -0.15) is 4.18 Å². The van der Waals surface area contributed by atoms with Crippen molar-refractivity contribution in [1.82, 2.24) is 0 Å². The van der Waals surface area contributed by atoms with Gasteiger partial charge in [-0.05, 0) is 24.3 Å². The second-order valence-electron chi connectivity index (χ2n) is 3.43. The lowest BCUT2D eigenvalue weighted by Crippen LogP contribution is -2.11. The number of rotatable bonds is 1. The van der Waals surface area contributed by atoms with Crippen molar-refractivity contribution < 1.29 is 4.18 Å². The third-order valence-corrected chi connectivity index (χ3v) is 5.74. The largest absolute Gasteiger partial charge is 0.225 e. The quantitative estimate of drug-likeness (QED) is 0.710. The number of hydrogen-bond donors (Lipinski definition) is 0. The molecule has 0 N–H and O–H groups in total. The van der Waals surface area contributed by atoms with E-state index in [-0.39, 0.29) is 11.2 Å². The van der Waals surface area contributed by atoms with Crippen molar-refractivity contribution in [2.24, 2.45) is 0 Å². The molecule has 1 aliphatic heterocycles. The second-order valence-corrected chi connectivity index (χ2v) is 6.27. The average Bonchev–Trinajstić information content (AvgIpc) is 2.36. The van der Waals surface area contributed by atoms with E-state index in [0.29, 0.717) is 0 Å². The lowest BCUT2D eigenvalue weighted by Gasteiger charge is -2.15. The van der Waals surface area contributed by atoms with E-state index >= 15 is 0 Å². The van der Waals surface area contributed by atoms with Gasteiger partial charge in [0.1, 0.15) is 0 Å². The van der Waals surface area contributed by atoms with Crippen molar-refractivity contribution >= 4 is 22.9 Å². The Balaban J connectivity index is 2.19. The van der Waals surface area contributed by atoms with Gasteiger partial charge in [-0.25, -0.2) is 0 Å². The fourth-order valence-corrected chi connectivity index (χ4v) is 4.87. The minimum absolute atomic E-state index is 0.222. The zero-order chi connectivity index (χ0) is 11.0. The molecule has 1 nitrogen and oxygen atoms in total. The maximum absolute atomic E-state index is 5.66. The minimum Gasteiger partial charge on any atom is -0.165 e. The molecule has 0 spiro atoms. The molecule has 0 aromatic heterocycles. The van der Waals surface area contributed by atoms with Crippen LogP contribution in [-0.2, 0) is 15.4 Å². The van der Waals surface area contributed by atoms with Gasteiger partial charge < -0.3 is 0 Å². The van der Waals surface area contributed by atoms with Gasteiger partial charge >= 0.3 is 0 Å². The van der Waals surface area contributed by atoms with E-state index < -0.39 is 0 Å². The molecule has 0 fully saturated rings. The number of fused-ring (bicyclic) bond motifs is 2. The Kier molecular flexibility index (Phi) is 2.67. The molecule has 16 heavy (non-hydrogen) atoms. The molecule has 80 valence electrons. The van der Waals surface area contributed by atoms with Crippen LogP contribution in [0.1, 0.15) is 0 Å². The van der Waals surface area contributed by atoms with Crippen molar-refractivity contribution in [2.75, 3.05) is 7.11 Å². The third-order valence-electron chi connectivity index (χ3n) is 2.48. The van der Waals surface area contributed by atoms with E-state index in [2.05, 4.69) is 48.5 Å². The van der Waals surface area contributed by atoms with Crippen LogP contribution in [0.4, 0.5) is 0 Å². The monoisotopic (exact) mass is 247 g/mol. The topological polar surface area (TPSA) is 9.23 Å². The van der Waals surface area contributed by atoms with Crippen LogP contribution in [0.3, 0.4) is 0 Å². The van der Waals surface area contributed by atoms with Gasteiger partial charge in [-0.15, -0.1) is 0 Å². The summed E-state index contributed by atoms with van der Waals surface area (Å²) in [7, 11) is 1.78. The highest BCUT2D eigenvalue weighted by Gasteiger charge is 2.36. The summed E-state index contributed by atoms with van der Waals surface area (Å²) < 4.78 is 5.66. The smallest absolute Gasteiger partial charge is 0.165 e. The van der Waals surface area contributed by atoms with E-state index in [4.69, 9.17) is 4.18 Å². The number of benzene rings is 2. The fourth-order valence-electron chi connectivity index (χ4n) is 1.79. The molecule has 3 heteroatoms. The molecule has 2 aromatic rings. The summed E-state index contributed by atoms with van der Waals surface area (Å²) in [5, 5.41) is 0. The van der Waals surface area contributed by atoms with Gasteiger partial charge in [-0.3, -0.25) is 0 Å². The van der Waals surface area contributed by atoms with Crippen molar-refractivity contribution in [3.05, 3.63) is 48.5 Å².